The van der Waals surface area contributed by atoms with E-state index in [1.165, 1.54) is 57.4 Å². The predicted octanol–water partition coefficient (Wildman–Crippen LogP) is 6.07. The average molecular weight is 280 g/mol. The largest absolute Gasteiger partial charge is 0.499 e. The highest BCUT2D eigenvalue weighted by Crippen LogP contribution is 2.09. The zero-order valence-corrected chi connectivity index (χ0v) is 13.0. The predicted molar refractivity (Wildman–Crippen MR) is 89.9 cm³/mol. The molecule has 0 bridgehead atoms. The lowest BCUT2D eigenvalue weighted by atomic mass is 10.1. The summed E-state index contributed by atoms with van der Waals surface area (Å²) in [6.45, 7) is 2.26. The van der Waals surface area contributed by atoms with E-state index in [4.69, 9.17) is 5.11 Å². The highest BCUT2D eigenvalue weighted by Gasteiger charge is 1.89. The van der Waals surface area contributed by atoms with Gasteiger partial charge in [0.2, 0.25) is 0 Å². The molecule has 0 saturated heterocycles. The molecule has 0 fully saturated rings. The molecule has 0 aliphatic heterocycles. The molecular weight excluding hydrogens is 252 g/mol. The topological polar surface area (TPSA) is 20.2 Å². The van der Waals surface area contributed by atoms with E-state index in [2.05, 4.69) is 25.2 Å². The number of thiocarbonyl (C=S) groups is 1. The van der Waals surface area contributed by atoms with E-state index in [9.17, 15) is 0 Å². The molecule has 0 saturated carbocycles. The quantitative estimate of drug-likeness (QED) is 0.202. The Labute approximate surface area is 124 Å². The Kier molecular flexibility index (Phi) is 14.5. The second kappa shape index (κ2) is 15.2. The van der Waals surface area contributed by atoms with Crippen LogP contribution in [-0.4, -0.2) is 10.2 Å². The summed E-state index contributed by atoms with van der Waals surface area (Å²) in [5.41, 5.74) is 0. The zero-order chi connectivity index (χ0) is 14.2. The van der Waals surface area contributed by atoms with Crippen LogP contribution in [0.25, 0.3) is 0 Å². The first-order valence-corrected chi connectivity index (χ1v) is 7.91. The molecule has 0 aromatic heterocycles. The molecule has 108 valence electrons. The fourth-order valence-corrected chi connectivity index (χ4v) is 1.92. The molecule has 1 N–H and O–H groups in total. The van der Waals surface area contributed by atoms with Crippen LogP contribution in [-0.2, 0) is 0 Å². The fourth-order valence-electron chi connectivity index (χ4n) is 1.84. The molecule has 0 amide bonds. The van der Waals surface area contributed by atoms with E-state index < -0.39 is 0 Å². The third kappa shape index (κ3) is 17.1. The van der Waals surface area contributed by atoms with Gasteiger partial charge in [-0.2, -0.15) is 0 Å². The second-order valence-corrected chi connectivity index (χ2v) is 5.19. The van der Waals surface area contributed by atoms with Crippen molar-refractivity contribution in [2.75, 3.05) is 0 Å². The Balaban J connectivity index is 3.27. The summed E-state index contributed by atoms with van der Waals surface area (Å²) >= 11 is 4.51. The summed E-state index contributed by atoms with van der Waals surface area (Å²) in [7, 11) is 0. The normalized spacial score (nSPS) is 12.1. The Morgan fingerprint density at radius 1 is 0.842 bits per heavy atom. The van der Waals surface area contributed by atoms with E-state index in [0.29, 0.717) is 0 Å². The van der Waals surface area contributed by atoms with Gasteiger partial charge >= 0.3 is 0 Å². The van der Waals surface area contributed by atoms with Gasteiger partial charge in [-0.3, -0.25) is 0 Å². The van der Waals surface area contributed by atoms with E-state index in [1.54, 1.807) is 6.08 Å². The van der Waals surface area contributed by atoms with E-state index in [-0.39, 0.29) is 5.05 Å². The summed E-state index contributed by atoms with van der Waals surface area (Å²) in [5, 5.41) is 8.66. The van der Waals surface area contributed by atoms with Gasteiger partial charge in [0.05, 0.1) is 0 Å². The molecule has 1 nitrogen and oxygen atoms in total. The smallest absolute Gasteiger partial charge is 0.181 e. The number of rotatable bonds is 12. The van der Waals surface area contributed by atoms with Crippen LogP contribution in [0.2, 0.25) is 0 Å². The highest BCUT2D eigenvalue weighted by atomic mass is 32.1. The zero-order valence-electron chi connectivity index (χ0n) is 12.2. The van der Waals surface area contributed by atoms with Crippen molar-refractivity contribution in [1.82, 2.24) is 0 Å². The number of unbranched alkanes of at least 4 members (excludes halogenated alkanes) is 8. The standard InChI is InChI=1S/C17H28OS/c1-2-3-4-5-6-7-8-9-10-11-12-13-14-15-16-17(18)19/h11-16H,2-10H2,1H3,(H,18,19). The molecule has 2 heteroatoms. The number of allylic oxidation sites excluding steroid dienone is 5. The van der Waals surface area contributed by atoms with Gasteiger partial charge in [0.25, 0.3) is 0 Å². The van der Waals surface area contributed by atoms with E-state index in [1.807, 2.05) is 18.2 Å². The van der Waals surface area contributed by atoms with E-state index in [0.717, 1.165) is 6.42 Å². The summed E-state index contributed by atoms with van der Waals surface area (Å²) < 4.78 is 0. The Hall–Kier alpha value is -0.890. The molecule has 0 rings (SSSR count). The minimum atomic E-state index is -0.0763. The van der Waals surface area contributed by atoms with Crippen LogP contribution < -0.4 is 0 Å². The summed E-state index contributed by atoms with van der Waals surface area (Å²) in [6.07, 6.45) is 23.4. The van der Waals surface area contributed by atoms with Crippen LogP contribution >= 0.6 is 12.2 Å². The monoisotopic (exact) mass is 280 g/mol. The summed E-state index contributed by atoms with van der Waals surface area (Å²) in [6, 6.07) is 0. The lowest BCUT2D eigenvalue weighted by Crippen LogP contribution is -1.80. The lowest BCUT2D eigenvalue weighted by Gasteiger charge is -1.99. The second-order valence-electron chi connectivity index (χ2n) is 4.77. The van der Waals surface area contributed by atoms with Crippen LogP contribution in [0.5, 0.6) is 0 Å². The molecule has 0 unspecified atom stereocenters. The number of hydrogen-bond acceptors (Lipinski definition) is 1. The van der Waals surface area contributed by atoms with Crippen LogP contribution in [0.1, 0.15) is 64.7 Å². The van der Waals surface area contributed by atoms with Crippen molar-refractivity contribution >= 4 is 17.3 Å². The van der Waals surface area contributed by atoms with Gasteiger partial charge in [-0.05, 0) is 31.1 Å². The highest BCUT2D eigenvalue weighted by molar-refractivity contribution is 7.80. The van der Waals surface area contributed by atoms with Crippen LogP contribution in [0.3, 0.4) is 0 Å². The molecule has 0 aliphatic rings. The van der Waals surface area contributed by atoms with Gasteiger partial charge in [0, 0.05) is 0 Å². The molecule has 0 radical (unpaired) electrons. The Morgan fingerprint density at radius 3 is 2.05 bits per heavy atom. The molecule has 0 heterocycles. The van der Waals surface area contributed by atoms with Gasteiger partial charge < -0.3 is 5.11 Å². The van der Waals surface area contributed by atoms with Crippen molar-refractivity contribution in [1.29, 1.82) is 0 Å². The average Bonchev–Trinajstić information content (AvgIpc) is 2.39. The van der Waals surface area contributed by atoms with Crippen molar-refractivity contribution in [3.8, 4) is 0 Å². The minimum Gasteiger partial charge on any atom is -0.499 e. The molecule has 19 heavy (non-hydrogen) atoms. The fraction of sp³-hybridized carbons (Fsp3) is 0.588. The first kappa shape index (κ1) is 18.1. The number of hydrogen-bond donors (Lipinski definition) is 1. The molecule has 0 aromatic rings. The number of aliphatic hydroxyl groups is 1. The maximum absolute atomic E-state index is 8.74. The van der Waals surface area contributed by atoms with Crippen LogP contribution in [0.15, 0.2) is 36.5 Å². The SMILES string of the molecule is CCCCCCCCCCC=CC=CC=CC(O)=S. The first-order valence-electron chi connectivity index (χ1n) is 7.50. The molecule has 0 aliphatic carbocycles. The van der Waals surface area contributed by atoms with Gasteiger partial charge in [-0.1, -0.05) is 82.2 Å². The first-order chi connectivity index (χ1) is 9.27. The van der Waals surface area contributed by atoms with Crippen LogP contribution in [0.4, 0.5) is 0 Å². The van der Waals surface area contributed by atoms with Crippen molar-refractivity contribution in [3.63, 3.8) is 0 Å². The maximum Gasteiger partial charge on any atom is 0.181 e. The van der Waals surface area contributed by atoms with E-state index >= 15 is 0 Å². The van der Waals surface area contributed by atoms with Crippen molar-refractivity contribution in [3.05, 3.63) is 36.5 Å². The van der Waals surface area contributed by atoms with Gasteiger partial charge in [-0.25, -0.2) is 0 Å². The summed E-state index contributed by atoms with van der Waals surface area (Å²) in [4.78, 5) is 0. The third-order valence-electron chi connectivity index (χ3n) is 2.93. The third-order valence-corrected chi connectivity index (χ3v) is 3.07. The Morgan fingerprint density at radius 2 is 1.42 bits per heavy atom. The van der Waals surface area contributed by atoms with Crippen molar-refractivity contribution in [2.24, 2.45) is 0 Å². The van der Waals surface area contributed by atoms with Crippen LogP contribution in [0, 0.1) is 0 Å². The minimum absolute atomic E-state index is 0.0763. The van der Waals surface area contributed by atoms with Crippen molar-refractivity contribution < 1.29 is 5.11 Å². The molecular formula is C17H28OS. The molecule has 0 atom stereocenters. The Bertz CT molecular complexity index is 290. The van der Waals surface area contributed by atoms with Crippen molar-refractivity contribution in [2.45, 2.75) is 64.7 Å². The lowest BCUT2D eigenvalue weighted by molar-refractivity contribution is 0.574. The van der Waals surface area contributed by atoms with Gasteiger partial charge in [0.15, 0.2) is 5.05 Å². The molecule has 0 spiro atoms. The van der Waals surface area contributed by atoms with Gasteiger partial charge in [-0.15, -0.1) is 0 Å². The number of aliphatic hydroxyl groups excluding tert-OH is 1. The van der Waals surface area contributed by atoms with Gasteiger partial charge in [0.1, 0.15) is 0 Å². The summed E-state index contributed by atoms with van der Waals surface area (Å²) in [5.74, 6) is 0. The molecule has 0 aromatic carbocycles. The maximum atomic E-state index is 8.74.